The largest absolute Gasteiger partial charge is 0.416 e. The average molecular weight is 560 g/mol. The number of alkyl halides is 3. The van der Waals surface area contributed by atoms with Gasteiger partial charge < -0.3 is 4.98 Å². The molecule has 1 aromatic heterocycles. The fourth-order valence-corrected chi connectivity index (χ4v) is 4.84. The van der Waals surface area contributed by atoms with Crippen LogP contribution in [0.4, 0.5) is 18.9 Å². The first-order valence-electron chi connectivity index (χ1n) is 9.76. The molecule has 2 nitrogen and oxygen atoms in total. The van der Waals surface area contributed by atoms with Crippen LogP contribution >= 0.6 is 31.9 Å². The number of hydrogen-bond donors (Lipinski definition) is 1. The Balaban J connectivity index is 1.84. The van der Waals surface area contributed by atoms with Crippen LogP contribution in [0.3, 0.4) is 0 Å². The summed E-state index contributed by atoms with van der Waals surface area (Å²) in [6, 6.07) is 17.1. The van der Waals surface area contributed by atoms with E-state index in [9.17, 15) is 13.2 Å². The normalized spacial score (nSPS) is 14.8. The Morgan fingerprint density at radius 2 is 1.59 bits per heavy atom. The minimum Gasteiger partial charge on any atom is -0.358 e. The number of fused-ring (bicyclic) bond motifs is 2. The van der Waals surface area contributed by atoms with Crippen LogP contribution in [-0.2, 0) is 6.18 Å². The highest BCUT2D eigenvalue weighted by molar-refractivity contribution is 9.10. The first-order valence-corrected chi connectivity index (χ1v) is 11.3. The molecular weight excluding hydrogens is 545 g/mol. The molecule has 0 saturated heterocycles. The number of H-pyrrole nitrogens is 1. The smallest absolute Gasteiger partial charge is 0.358 e. The summed E-state index contributed by atoms with van der Waals surface area (Å²) in [7, 11) is 0. The van der Waals surface area contributed by atoms with Crippen LogP contribution in [0.25, 0.3) is 22.0 Å². The van der Waals surface area contributed by atoms with Crippen LogP contribution in [0.1, 0.15) is 27.9 Å². The van der Waals surface area contributed by atoms with Crippen molar-refractivity contribution in [2.24, 2.45) is 4.99 Å². The summed E-state index contributed by atoms with van der Waals surface area (Å²) >= 11 is 7.07. The Kier molecular flexibility index (Phi) is 5.13. The van der Waals surface area contributed by atoms with E-state index in [1.807, 2.05) is 43.3 Å². The molecule has 0 saturated carbocycles. The number of aryl methyl sites for hydroxylation is 1. The zero-order valence-electron chi connectivity index (χ0n) is 16.7. The topological polar surface area (TPSA) is 28.1 Å². The third kappa shape index (κ3) is 3.63. The van der Waals surface area contributed by atoms with Gasteiger partial charge in [-0.25, -0.2) is 0 Å². The van der Waals surface area contributed by atoms with Crippen LogP contribution in [0.5, 0.6) is 0 Å². The summed E-state index contributed by atoms with van der Waals surface area (Å²) in [5.41, 5.74) is 6.29. The van der Waals surface area contributed by atoms with Crippen molar-refractivity contribution in [3.8, 4) is 0 Å². The molecule has 1 aliphatic rings. The number of aromatic nitrogens is 1. The highest BCUT2D eigenvalue weighted by atomic mass is 79.9. The lowest BCUT2D eigenvalue weighted by Crippen LogP contribution is -2.05. The molecule has 0 unspecified atom stereocenters. The number of benzene rings is 3. The standard InChI is InChI=1S/C25H15Br2F3N2/c1-13-23(19-11-17(27)7-9-22(19)32-13)24(14-2-4-15(5-3-14)25(28,29)30)20-12-31-21-8-6-16(26)10-18(20)21/h2-12,32H,1H3. The van der Waals surface area contributed by atoms with Gasteiger partial charge >= 0.3 is 6.18 Å². The van der Waals surface area contributed by atoms with E-state index in [-0.39, 0.29) is 0 Å². The number of aliphatic imine (C=N–C) groups is 1. The van der Waals surface area contributed by atoms with Crippen LogP contribution in [0.15, 0.2) is 74.6 Å². The van der Waals surface area contributed by atoms with Crippen molar-refractivity contribution in [2.75, 3.05) is 0 Å². The van der Waals surface area contributed by atoms with E-state index in [1.54, 1.807) is 6.21 Å². The summed E-state index contributed by atoms with van der Waals surface area (Å²) in [5, 5.41) is 0.983. The van der Waals surface area contributed by atoms with E-state index in [4.69, 9.17) is 0 Å². The van der Waals surface area contributed by atoms with Crippen molar-refractivity contribution in [2.45, 2.75) is 13.1 Å². The van der Waals surface area contributed by atoms with Crippen molar-refractivity contribution in [3.63, 3.8) is 0 Å². The van der Waals surface area contributed by atoms with Gasteiger partial charge in [-0.1, -0.05) is 44.0 Å². The zero-order chi connectivity index (χ0) is 22.6. The summed E-state index contributed by atoms with van der Waals surface area (Å²) in [4.78, 5) is 7.97. The van der Waals surface area contributed by atoms with E-state index in [1.165, 1.54) is 12.1 Å². The van der Waals surface area contributed by atoms with Gasteiger partial charge in [-0.05, 0) is 61.0 Å². The molecule has 7 heteroatoms. The van der Waals surface area contributed by atoms with Crippen molar-refractivity contribution in [3.05, 3.63) is 97.6 Å². The number of rotatable bonds is 2. The molecule has 32 heavy (non-hydrogen) atoms. The second kappa shape index (κ2) is 7.74. The molecule has 0 aliphatic carbocycles. The lowest BCUT2D eigenvalue weighted by molar-refractivity contribution is -0.137. The SMILES string of the molecule is Cc1[nH]c2ccc(Br)cc2c1C(=C1C=Nc2ccc(Br)cc21)c1ccc(C(F)(F)F)cc1. The zero-order valence-corrected chi connectivity index (χ0v) is 19.9. The number of nitrogens with one attached hydrogen (secondary N) is 1. The number of hydrogen-bond acceptors (Lipinski definition) is 1. The van der Waals surface area contributed by atoms with Crippen molar-refractivity contribution >= 4 is 65.8 Å². The molecular formula is C25H15Br2F3N2. The lowest BCUT2D eigenvalue weighted by Gasteiger charge is -2.15. The lowest BCUT2D eigenvalue weighted by atomic mass is 9.88. The van der Waals surface area contributed by atoms with E-state index >= 15 is 0 Å². The molecule has 1 aliphatic heterocycles. The molecule has 0 fully saturated rings. The fourth-order valence-electron chi connectivity index (χ4n) is 4.12. The average Bonchev–Trinajstić information content (AvgIpc) is 3.29. The summed E-state index contributed by atoms with van der Waals surface area (Å²) in [5.74, 6) is 0. The van der Waals surface area contributed by atoms with E-state index < -0.39 is 11.7 Å². The second-order valence-electron chi connectivity index (χ2n) is 7.60. The van der Waals surface area contributed by atoms with Crippen LogP contribution in [-0.4, -0.2) is 11.2 Å². The maximum Gasteiger partial charge on any atom is 0.416 e. The van der Waals surface area contributed by atoms with Gasteiger partial charge in [0.2, 0.25) is 0 Å². The predicted molar refractivity (Wildman–Crippen MR) is 130 cm³/mol. The third-order valence-corrected chi connectivity index (χ3v) is 6.54. The molecule has 5 rings (SSSR count). The summed E-state index contributed by atoms with van der Waals surface area (Å²) in [6.45, 7) is 1.97. The van der Waals surface area contributed by atoms with Gasteiger partial charge in [-0.3, -0.25) is 4.99 Å². The Labute approximate surface area is 199 Å². The number of halogens is 5. The van der Waals surface area contributed by atoms with Gasteiger partial charge in [0.25, 0.3) is 0 Å². The Hall–Kier alpha value is -2.64. The fraction of sp³-hybridized carbons (Fsp3) is 0.0800. The van der Waals surface area contributed by atoms with Crippen LogP contribution in [0, 0.1) is 6.92 Å². The molecule has 3 aromatic carbocycles. The molecule has 1 N–H and O–H groups in total. The van der Waals surface area contributed by atoms with E-state index in [0.717, 1.165) is 65.6 Å². The monoisotopic (exact) mass is 558 g/mol. The number of allylic oxidation sites excluding steroid dienone is 1. The summed E-state index contributed by atoms with van der Waals surface area (Å²) in [6.07, 6.45) is -2.60. The minimum atomic E-state index is -4.39. The van der Waals surface area contributed by atoms with Crippen LogP contribution in [0.2, 0.25) is 0 Å². The Bertz CT molecular complexity index is 1430. The Morgan fingerprint density at radius 3 is 2.31 bits per heavy atom. The molecule has 0 radical (unpaired) electrons. The molecule has 0 bridgehead atoms. The quantitative estimate of drug-likeness (QED) is 0.254. The van der Waals surface area contributed by atoms with Gasteiger partial charge in [-0.15, -0.1) is 0 Å². The van der Waals surface area contributed by atoms with Crippen molar-refractivity contribution in [1.82, 2.24) is 4.98 Å². The van der Waals surface area contributed by atoms with Crippen LogP contribution < -0.4 is 0 Å². The van der Waals surface area contributed by atoms with Crippen molar-refractivity contribution in [1.29, 1.82) is 0 Å². The molecule has 0 amide bonds. The highest BCUT2D eigenvalue weighted by Gasteiger charge is 2.31. The van der Waals surface area contributed by atoms with E-state index in [2.05, 4.69) is 41.8 Å². The van der Waals surface area contributed by atoms with Gasteiger partial charge in [0, 0.05) is 54.0 Å². The minimum absolute atomic E-state index is 0.674. The summed E-state index contributed by atoms with van der Waals surface area (Å²) < 4.78 is 41.4. The van der Waals surface area contributed by atoms with Gasteiger partial charge in [0.05, 0.1) is 11.3 Å². The van der Waals surface area contributed by atoms with Gasteiger partial charge in [0.15, 0.2) is 0 Å². The van der Waals surface area contributed by atoms with Gasteiger partial charge in [0.1, 0.15) is 0 Å². The maximum absolute atomic E-state index is 13.2. The third-order valence-electron chi connectivity index (χ3n) is 5.55. The van der Waals surface area contributed by atoms with Gasteiger partial charge in [-0.2, -0.15) is 13.2 Å². The number of nitrogens with zero attached hydrogens (tertiary/aromatic N) is 1. The van der Waals surface area contributed by atoms with E-state index in [0.29, 0.717) is 5.56 Å². The Morgan fingerprint density at radius 1 is 0.906 bits per heavy atom. The first kappa shape index (κ1) is 21.2. The second-order valence-corrected chi connectivity index (χ2v) is 9.43. The first-order chi connectivity index (χ1) is 15.2. The number of aromatic amines is 1. The maximum atomic E-state index is 13.2. The molecule has 0 atom stereocenters. The van der Waals surface area contributed by atoms with Crippen molar-refractivity contribution < 1.29 is 13.2 Å². The highest BCUT2D eigenvalue weighted by Crippen LogP contribution is 2.44. The molecule has 160 valence electrons. The molecule has 4 aromatic rings. The molecule has 0 spiro atoms. The predicted octanol–water partition coefficient (Wildman–Crippen LogP) is 8.70. The molecule has 2 heterocycles.